The lowest BCUT2D eigenvalue weighted by molar-refractivity contribution is 0.415. The van der Waals surface area contributed by atoms with Crippen molar-refractivity contribution < 1.29 is 4.74 Å². The van der Waals surface area contributed by atoms with Crippen LogP contribution < -0.4 is 10.1 Å². The average Bonchev–Trinajstić information content (AvgIpc) is 3.08. The SMILES string of the molecule is COc1ccc(-c2cc(C3CCCN3)nn2C)cc1. The summed E-state index contributed by atoms with van der Waals surface area (Å²) >= 11 is 0. The van der Waals surface area contributed by atoms with Crippen molar-refractivity contribution in [1.29, 1.82) is 0 Å². The van der Waals surface area contributed by atoms with Gasteiger partial charge in [0.1, 0.15) is 5.75 Å². The minimum absolute atomic E-state index is 0.415. The van der Waals surface area contributed by atoms with Gasteiger partial charge in [-0.15, -0.1) is 0 Å². The second kappa shape index (κ2) is 5.05. The van der Waals surface area contributed by atoms with Crippen LogP contribution in [0.3, 0.4) is 0 Å². The molecule has 0 bridgehead atoms. The van der Waals surface area contributed by atoms with Crippen molar-refractivity contribution in [2.45, 2.75) is 18.9 Å². The smallest absolute Gasteiger partial charge is 0.118 e. The molecule has 1 aromatic heterocycles. The molecule has 2 aromatic rings. The number of methoxy groups -OCH3 is 1. The molecule has 2 heterocycles. The Balaban J connectivity index is 1.90. The highest BCUT2D eigenvalue weighted by Crippen LogP contribution is 2.27. The molecule has 0 spiro atoms. The highest BCUT2D eigenvalue weighted by molar-refractivity contribution is 5.61. The van der Waals surface area contributed by atoms with Gasteiger partial charge in [0.05, 0.1) is 24.5 Å². The first-order chi connectivity index (χ1) is 9.28. The Labute approximate surface area is 113 Å². The molecule has 0 amide bonds. The molecule has 1 fully saturated rings. The first-order valence-electron chi connectivity index (χ1n) is 6.69. The van der Waals surface area contributed by atoms with Crippen LogP contribution in [0.5, 0.6) is 5.75 Å². The van der Waals surface area contributed by atoms with Crippen LogP contribution >= 0.6 is 0 Å². The summed E-state index contributed by atoms with van der Waals surface area (Å²) in [6.07, 6.45) is 2.41. The third-order valence-electron chi connectivity index (χ3n) is 3.70. The van der Waals surface area contributed by atoms with Crippen LogP contribution in [-0.4, -0.2) is 23.4 Å². The predicted octanol–water partition coefficient (Wildman–Crippen LogP) is 2.52. The summed E-state index contributed by atoms with van der Waals surface area (Å²) in [5.74, 6) is 0.878. The Morgan fingerprint density at radius 1 is 1.32 bits per heavy atom. The van der Waals surface area contributed by atoms with Crippen molar-refractivity contribution in [3.63, 3.8) is 0 Å². The zero-order valence-electron chi connectivity index (χ0n) is 11.4. The largest absolute Gasteiger partial charge is 0.497 e. The van der Waals surface area contributed by atoms with E-state index in [1.165, 1.54) is 18.4 Å². The molecule has 1 aliphatic rings. The average molecular weight is 257 g/mol. The van der Waals surface area contributed by atoms with E-state index in [1.807, 2.05) is 23.9 Å². The zero-order chi connectivity index (χ0) is 13.2. The number of aromatic nitrogens is 2. The molecule has 1 saturated heterocycles. The lowest BCUT2D eigenvalue weighted by Crippen LogP contribution is -2.13. The summed E-state index contributed by atoms with van der Waals surface area (Å²) in [7, 11) is 3.68. The fraction of sp³-hybridized carbons (Fsp3) is 0.400. The molecule has 1 atom stereocenters. The highest BCUT2D eigenvalue weighted by atomic mass is 16.5. The quantitative estimate of drug-likeness (QED) is 0.918. The van der Waals surface area contributed by atoms with Crippen LogP contribution in [0.25, 0.3) is 11.3 Å². The summed E-state index contributed by atoms with van der Waals surface area (Å²) in [5.41, 5.74) is 3.46. The van der Waals surface area contributed by atoms with Crippen molar-refractivity contribution in [2.75, 3.05) is 13.7 Å². The third-order valence-corrected chi connectivity index (χ3v) is 3.70. The predicted molar refractivity (Wildman–Crippen MR) is 75.2 cm³/mol. The lowest BCUT2D eigenvalue weighted by atomic mass is 10.1. The van der Waals surface area contributed by atoms with Crippen LogP contribution in [-0.2, 0) is 7.05 Å². The zero-order valence-corrected chi connectivity index (χ0v) is 11.4. The summed E-state index contributed by atoms with van der Waals surface area (Å²) in [6.45, 7) is 1.10. The van der Waals surface area contributed by atoms with Crippen molar-refractivity contribution in [3.8, 4) is 17.0 Å². The van der Waals surface area contributed by atoms with Gasteiger partial charge in [0.25, 0.3) is 0 Å². The highest BCUT2D eigenvalue weighted by Gasteiger charge is 2.20. The van der Waals surface area contributed by atoms with Crippen LogP contribution in [0, 0.1) is 0 Å². The molecule has 0 saturated carbocycles. The van der Waals surface area contributed by atoms with Crippen molar-refractivity contribution in [1.82, 2.24) is 15.1 Å². The molecule has 1 N–H and O–H groups in total. The van der Waals surface area contributed by atoms with E-state index in [4.69, 9.17) is 4.74 Å². The second-order valence-electron chi connectivity index (χ2n) is 4.96. The lowest BCUT2D eigenvalue weighted by Gasteiger charge is -2.04. The summed E-state index contributed by atoms with van der Waals surface area (Å²) in [6, 6.07) is 10.7. The second-order valence-corrected chi connectivity index (χ2v) is 4.96. The van der Waals surface area contributed by atoms with Crippen LogP contribution in [0.4, 0.5) is 0 Å². The van der Waals surface area contributed by atoms with Gasteiger partial charge in [0.2, 0.25) is 0 Å². The van der Waals surface area contributed by atoms with Crippen molar-refractivity contribution >= 4 is 0 Å². The standard InChI is InChI=1S/C15H19N3O/c1-18-15(11-5-7-12(19-2)8-6-11)10-14(17-18)13-4-3-9-16-13/h5-8,10,13,16H,3-4,9H2,1-2H3. The van der Waals surface area contributed by atoms with Crippen LogP contribution in [0.1, 0.15) is 24.6 Å². The minimum Gasteiger partial charge on any atom is -0.497 e. The summed E-state index contributed by atoms with van der Waals surface area (Å²) in [5, 5.41) is 8.12. The fourth-order valence-electron chi connectivity index (χ4n) is 2.63. The number of benzene rings is 1. The van der Waals surface area contributed by atoms with Gasteiger partial charge in [-0.25, -0.2) is 0 Å². The topological polar surface area (TPSA) is 39.1 Å². The van der Waals surface area contributed by atoms with E-state index >= 15 is 0 Å². The monoisotopic (exact) mass is 257 g/mol. The Morgan fingerprint density at radius 3 is 2.74 bits per heavy atom. The molecule has 1 unspecified atom stereocenters. The van der Waals surface area contributed by atoms with E-state index in [2.05, 4.69) is 28.6 Å². The maximum atomic E-state index is 5.19. The van der Waals surface area contributed by atoms with E-state index in [-0.39, 0.29) is 0 Å². The number of nitrogens with zero attached hydrogens (tertiary/aromatic N) is 2. The molecule has 19 heavy (non-hydrogen) atoms. The van der Waals surface area contributed by atoms with Crippen molar-refractivity contribution in [2.24, 2.45) is 7.05 Å². The van der Waals surface area contributed by atoms with E-state index in [0.29, 0.717) is 6.04 Å². The molecule has 4 heteroatoms. The normalized spacial score (nSPS) is 18.7. The number of rotatable bonds is 3. The molecular weight excluding hydrogens is 238 g/mol. The van der Waals surface area contributed by atoms with Gasteiger partial charge < -0.3 is 10.1 Å². The molecule has 3 rings (SSSR count). The Morgan fingerprint density at radius 2 is 2.11 bits per heavy atom. The summed E-state index contributed by atoms with van der Waals surface area (Å²) in [4.78, 5) is 0. The van der Waals surface area contributed by atoms with E-state index in [0.717, 1.165) is 23.7 Å². The first kappa shape index (κ1) is 12.2. The van der Waals surface area contributed by atoms with Crippen LogP contribution in [0.2, 0.25) is 0 Å². The van der Waals surface area contributed by atoms with E-state index in [9.17, 15) is 0 Å². The fourth-order valence-corrected chi connectivity index (χ4v) is 2.63. The Kier molecular flexibility index (Phi) is 3.25. The molecule has 1 aromatic carbocycles. The third kappa shape index (κ3) is 2.36. The van der Waals surface area contributed by atoms with Gasteiger partial charge in [-0.3, -0.25) is 4.68 Å². The molecule has 100 valence electrons. The number of hydrogen-bond acceptors (Lipinski definition) is 3. The van der Waals surface area contributed by atoms with Crippen LogP contribution in [0.15, 0.2) is 30.3 Å². The van der Waals surface area contributed by atoms with E-state index in [1.54, 1.807) is 7.11 Å². The van der Waals surface area contributed by atoms with Gasteiger partial charge >= 0.3 is 0 Å². The maximum Gasteiger partial charge on any atom is 0.118 e. The van der Waals surface area contributed by atoms with Gasteiger partial charge in [-0.1, -0.05) is 0 Å². The molecule has 4 nitrogen and oxygen atoms in total. The number of aryl methyl sites for hydroxylation is 1. The Hall–Kier alpha value is -1.81. The number of nitrogens with one attached hydrogen (secondary N) is 1. The number of ether oxygens (including phenoxy) is 1. The molecule has 0 radical (unpaired) electrons. The molecule has 1 aliphatic heterocycles. The Bertz CT molecular complexity index is 553. The van der Waals surface area contributed by atoms with Gasteiger partial charge in [-0.2, -0.15) is 5.10 Å². The first-order valence-corrected chi connectivity index (χ1v) is 6.69. The maximum absolute atomic E-state index is 5.19. The van der Waals surface area contributed by atoms with Gasteiger partial charge in [0, 0.05) is 12.6 Å². The van der Waals surface area contributed by atoms with E-state index < -0.39 is 0 Å². The van der Waals surface area contributed by atoms with Gasteiger partial charge in [-0.05, 0) is 49.7 Å². The van der Waals surface area contributed by atoms with Crippen molar-refractivity contribution in [3.05, 3.63) is 36.0 Å². The van der Waals surface area contributed by atoms with Gasteiger partial charge in [0.15, 0.2) is 0 Å². The summed E-state index contributed by atoms with van der Waals surface area (Å²) < 4.78 is 7.14. The number of hydrogen-bond donors (Lipinski definition) is 1. The molecule has 0 aliphatic carbocycles. The minimum atomic E-state index is 0.415. The molecular formula is C15H19N3O.